The lowest BCUT2D eigenvalue weighted by molar-refractivity contribution is -0.142. The van der Waals surface area contributed by atoms with Gasteiger partial charge in [0.15, 0.2) is 0 Å². The van der Waals surface area contributed by atoms with E-state index >= 15 is 0 Å². The maximum Gasteiger partial charge on any atom is 0.411 e. The van der Waals surface area contributed by atoms with Gasteiger partial charge in [-0.1, -0.05) is 19.9 Å². The number of halogens is 1. The molecule has 1 heterocycles. The first-order valence-corrected chi connectivity index (χ1v) is 9.99. The molecule has 0 aliphatic carbocycles. The molecule has 2 rings (SSSR count). The van der Waals surface area contributed by atoms with E-state index < -0.39 is 29.8 Å². The van der Waals surface area contributed by atoms with Crippen molar-refractivity contribution in [1.82, 2.24) is 4.90 Å². The predicted molar refractivity (Wildman–Crippen MR) is 106 cm³/mol. The van der Waals surface area contributed by atoms with Crippen molar-refractivity contribution in [3.05, 3.63) is 28.2 Å². The van der Waals surface area contributed by atoms with E-state index in [1.54, 1.807) is 20.8 Å². The fourth-order valence-corrected chi connectivity index (χ4v) is 3.46. The standard InChI is InChI=1S/C20H28BrNO5/c1-6-12(2)13-7-8-17(15(21)9-13)26-14-10-16(18(23)24)22(11-14)19(25)27-20(3,4)5/h7-9,12,14,16H,6,10-11H2,1-5H3,(H,23,24)/t12-,14+,16+/m1/s1. The number of carbonyl (C=O) groups excluding carboxylic acids is 1. The van der Waals surface area contributed by atoms with Crippen molar-refractivity contribution >= 4 is 28.0 Å². The molecule has 150 valence electrons. The molecule has 0 spiro atoms. The van der Waals surface area contributed by atoms with Crippen molar-refractivity contribution in [2.24, 2.45) is 0 Å². The van der Waals surface area contributed by atoms with E-state index in [1.165, 1.54) is 10.5 Å². The van der Waals surface area contributed by atoms with Crippen LogP contribution in [0.4, 0.5) is 4.79 Å². The molecule has 1 amide bonds. The minimum Gasteiger partial charge on any atom is -0.487 e. The number of amides is 1. The molecule has 1 N–H and O–H groups in total. The highest BCUT2D eigenvalue weighted by Gasteiger charge is 2.42. The van der Waals surface area contributed by atoms with Gasteiger partial charge in [-0.2, -0.15) is 0 Å². The van der Waals surface area contributed by atoms with Gasteiger partial charge in [0.2, 0.25) is 0 Å². The van der Waals surface area contributed by atoms with E-state index in [0.717, 1.165) is 10.9 Å². The van der Waals surface area contributed by atoms with E-state index in [0.29, 0.717) is 11.7 Å². The van der Waals surface area contributed by atoms with Gasteiger partial charge in [0.05, 0.1) is 11.0 Å². The van der Waals surface area contributed by atoms with Crippen LogP contribution in [0, 0.1) is 0 Å². The van der Waals surface area contributed by atoms with Gasteiger partial charge < -0.3 is 14.6 Å². The van der Waals surface area contributed by atoms with Crippen molar-refractivity contribution in [1.29, 1.82) is 0 Å². The maximum atomic E-state index is 12.4. The molecule has 1 aliphatic heterocycles. The number of aliphatic carboxylic acids is 1. The Morgan fingerprint density at radius 2 is 2.04 bits per heavy atom. The quantitative estimate of drug-likeness (QED) is 0.709. The molecule has 1 saturated heterocycles. The minimum absolute atomic E-state index is 0.172. The number of carboxylic acids is 1. The van der Waals surface area contributed by atoms with Crippen molar-refractivity contribution in [2.45, 2.75) is 71.1 Å². The fourth-order valence-electron chi connectivity index (χ4n) is 2.97. The summed E-state index contributed by atoms with van der Waals surface area (Å²) in [5, 5.41) is 9.48. The molecule has 0 radical (unpaired) electrons. The zero-order valence-corrected chi connectivity index (χ0v) is 18.1. The van der Waals surface area contributed by atoms with Crippen LogP contribution in [0.2, 0.25) is 0 Å². The van der Waals surface area contributed by atoms with Gasteiger partial charge in [-0.25, -0.2) is 9.59 Å². The number of likely N-dealkylation sites (tertiary alicyclic amines) is 1. The van der Waals surface area contributed by atoms with Crippen LogP contribution >= 0.6 is 15.9 Å². The van der Waals surface area contributed by atoms with Crippen molar-refractivity contribution in [2.75, 3.05) is 6.54 Å². The first kappa shape index (κ1) is 21.5. The molecule has 27 heavy (non-hydrogen) atoms. The fraction of sp³-hybridized carbons (Fsp3) is 0.600. The highest BCUT2D eigenvalue weighted by molar-refractivity contribution is 9.10. The van der Waals surface area contributed by atoms with Crippen LogP contribution in [0.25, 0.3) is 0 Å². The monoisotopic (exact) mass is 441 g/mol. The SMILES string of the molecule is CC[C@@H](C)c1ccc(O[C@H]2C[C@@H](C(=O)O)N(C(=O)OC(C)(C)C)C2)c(Br)c1. The molecular weight excluding hydrogens is 414 g/mol. The zero-order chi connectivity index (χ0) is 20.4. The lowest BCUT2D eigenvalue weighted by atomic mass is 9.99. The summed E-state index contributed by atoms with van der Waals surface area (Å²) in [4.78, 5) is 25.2. The van der Waals surface area contributed by atoms with Gasteiger partial charge in [0.1, 0.15) is 23.5 Å². The summed E-state index contributed by atoms with van der Waals surface area (Å²) in [6, 6.07) is 4.97. The highest BCUT2D eigenvalue weighted by Crippen LogP contribution is 2.33. The molecule has 0 saturated carbocycles. The molecule has 1 aromatic rings. The van der Waals surface area contributed by atoms with Crippen LogP contribution in [0.15, 0.2) is 22.7 Å². The smallest absolute Gasteiger partial charge is 0.411 e. The van der Waals surface area contributed by atoms with Gasteiger partial charge in [0.25, 0.3) is 0 Å². The number of hydrogen-bond donors (Lipinski definition) is 1. The lowest BCUT2D eigenvalue weighted by Crippen LogP contribution is -2.43. The average molecular weight is 442 g/mol. The molecular formula is C20H28BrNO5. The molecule has 6 nitrogen and oxygen atoms in total. The Kier molecular flexibility index (Phi) is 6.78. The normalized spacial score (nSPS) is 21.0. The molecule has 0 bridgehead atoms. The van der Waals surface area contributed by atoms with Crippen LogP contribution < -0.4 is 4.74 Å². The summed E-state index contributed by atoms with van der Waals surface area (Å²) in [6.45, 7) is 9.72. The highest BCUT2D eigenvalue weighted by atomic mass is 79.9. The summed E-state index contributed by atoms with van der Waals surface area (Å²) >= 11 is 3.53. The lowest BCUT2D eigenvalue weighted by Gasteiger charge is -2.26. The zero-order valence-electron chi connectivity index (χ0n) is 16.5. The Bertz CT molecular complexity index is 700. The molecule has 0 aromatic heterocycles. The van der Waals surface area contributed by atoms with Crippen molar-refractivity contribution < 1.29 is 24.2 Å². The second-order valence-electron chi connectivity index (χ2n) is 7.96. The molecule has 1 aromatic carbocycles. The molecule has 1 aliphatic rings. The number of nitrogens with zero attached hydrogens (tertiary/aromatic N) is 1. The summed E-state index contributed by atoms with van der Waals surface area (Å²) in [5.41, 5.74) is 0.524. The number of carboxylic acid groups (broad SMARTS) is 1. The van der Waals surface area contributed by atoms with Crippen LogP contribution in [0.5, 0.6) is 5.75 Å². The minimum atomic E-state index is -1.06. The molecule has 0 unspecified atom stereocenters. The first-order valence-electron chi connectivity index (χ1n) is 9.20. The summed E-state index contributed by atoms with van der Waals surface area (Å²) in [5.74, 6) is 0.0289. The van der Waals surface area contributed by atoms with E-state index in [9.17, 15) is 14.7 Å². The van der Waals surface area contributed by atoms with E-state index in [-0.39, 0.29) is 13.0 Å². The van der Waals surface area contributed by atoms with Gasteiger partial charge in [-0.05, 0) is 66.7 Å². The Labute approximate surface area is 169 Å². The maximum absolute atomic E-state index is 12.4. The van der Waals surface area contributed by atoms with Crippen LogP contribution in [-0.4, -0.2) is 46.4 Å². The molecule has 3 atom stereocenters. The molecule has 7 heteroatoms. The predicted octanol–water partition coefficient (Wildman–Crippen LogP) is 4.80. The third-order valence-electron chi connectivity index (χ3n) is 4.61. The van der Waals surface area contributed by atoms with Crippen LogP contribution in [0.1, 0.15) is 58.9 Å². The van der Waals surface area contributed by atoms with E-state index in [1.807, 2.05) is 18.2 Å². The molecule has 1 fully saturated rings. The van der Waals surface area contributed by atoms with Crippen molar-refractivity contribution in [3.8, 4) is 5.75 Å². The average Bonchev–Trinajstić information content (AvgIpc) is 2.99. The Hall–Kier alpha value is -1.76. The van der Waals surface area contributed by atoms with Crippen molar-refractivity contribution in [3.63, 3.8) is 0 Å². The van der Waals surface area contributed by atoms with Gasteiger partial charge >= 0.3 is 12.1 Å². The summed E-state index contributed by atoms with van der Waals surface area (Å²) in [7, 11) is 0. The number of benzene rings is 1. The van der Waals surface area contributed by atoms with Gasteiger partial charge in [0, 0.05) is 6.42 Å². The largest absolute Gasteiger partial charge is 0.487 e. The number of hydrogen-bond acceptors (Lipinski definition) is 4. The Balaban J connectivity index is 2.12. The second-order valence-corrected chi connectivity index (χ2v) is 8.82. The van der Waals surface area contributed by atoms with Gasteiger partial charge in [-0.15, -0.1) is 0 Å². The topological polar surface area (TPSA) is 76.1 Å². The second kappa shape index (κ2) is 8.50. The number of ether oxygens (including phenoxy) is 2. The third-order valence-corrected chi connectivity index (χ3v) is 5.23. The van der Waals surface area contributed by atoms with Crippen LogP contribution in [-0.2, 0) is 9.53 Å². The Morgan fingerprint density at radius 3 is 2.56 bits per heavy atom. The van der Waals surface area contributed by atoms with E-state index in [4.69, 9.17) is 9.47 Å². The number of rotatable bonds is 5. The third kappa shape index (κ3) is 5.61. The van der Waals surface area contributed by atoms with Crippen LogP contribution in [0.3, 0.4) is 0 Å². The first-order chi connectivity index (χ1) is 12.5. The summed E-state index contributed by atoms with van der Waals surface area (Å²) < 4.78 is 12.2. The number of carbonyl (C=O) groups is 2. The van der Waals surface area contributed by atoms with Gasteiger partial charge in [-0.3, -0.25) is 4.90 Å². The Morgan fingerprint density at radius 1 is 1.37 bits per heavy atom. The van der Waals surface area contributed by atoms with E-state index in [2.05, 4.69) is 29.8 Å². The summed E-state index contributed by atoms with van der Waals surface area (Å²) in [6.07, 6.45) is 0.214.